The van der Waals surface area contributed by atoms with Crippen LogP contribution in [-0.4, -0.2) is 42.2 Å². The second-order valence-electron chi connectivity index (χ2n) is 7.51. The number of carbonyl (C=O) groups excluding carboxylic acids is 1. The zero-order valence-corrected chi connectivity index (χ0v) is 17.4. The predicted octanol–water partition coefficient (Wildman–Crippen LogP) is 3.59. The van der Waals surface area contributed by atoms with Crippen molar-refractivity contribution >= 4 is 27.1 Å². The summed E-state index contributed by atoms with van der Waals surface area (Å²) in [5, 5.41) is 9.45. The maximum Gasteiger partial charge on any atom is 0.271 e. The number of rotatable bonds is 6. The molecule has 0 aromatic carbocycles. The van der Waals surface area contributed by atoms with Gasteiger partial charge in [-0.3, -0.25) is 9.48 Å². The Hall–Kier alpha value is -1.93. The van der Waals surface area contributed by atoms with Gasteiger partial charge in [0.1, 0.15) is 0 Å². The Labute approximate surface area is 169 Å². The van der Waals surface area contributed by atoms with Gasteiger partial charge in [-0.15, -0.1) is 11.3 Å². The molecule has 1 fully saturated rings. The first-order valence-corrected chi connectivity index (χ1v) is 12.5. The van der Waals surface area contributed by atoms with Crippen LogP contribution in [-0.2, 0) is 9.84 Å². The second-order valence-corrected chi connectivity index (χ2v) is 10.7. The van der Waals surface area contributed by atoms with Gasteiger partial charge in [0.2, 0.25) is 0 Å². The Morgan fingerprint density at radius 3 is 2.93 bits per heavy atom. The van der Waals surface area contributed by atoms with E-state index in [1.54, 1.807) is 22.1 Å². The van der Waals surface area contributed by atoms with Crippen LogP contribution >= 0.6 is 11.3 Å². The van der Waals surface area contributed by atoms with Crippen LogP contribution in [0.3, 0.4) is 0 Å². The fourth-order valence-electron chi connectivity index (χ4n) is 3.92. The number of hydrogen-bond acceptors (Lipinski definition) is 5. The molecule has 0 unspecified atom stereocenters. The summed E-state index contributed by atoms with van der Waals surface area (Å²) >= 11 is 1.56. The van der Waals surface area contributed by atoms with Gasteiger partial charge in [-0.25, -0.2) is 8.42 Å². The lowest BCUT2D eigenvalue weighted by atomic mass is 9.97. The second kappa shape index (κ2) is 8.21. The highest BCUT2D eigenvalue weighted by Crippen LogP contribution is 2.32. The number of amides is 1. The van der Waals surface area contributed by atoms with E-state index >= 15 is 0 Å². The summed E-state index contributed by atoms with van der Waals surface area (Å²) in [6, 6.07) is 5.49. The van der Waals surface area contributed by atoms with Crippen molar-refractivity contribution in [3.05, 3.63) is 40.9 Å². The lowest BCUT2D eigenvalue weighted by Crippen LogP contribution is -2.25. The van der Waals surface area contributed by atoms with Gasteiger partial charge in [-0.1, -0.05) is 17.7 Å². The van der Waals surface area contributed by atoms with E-state index in [2.05, 4.69) is 16.5 Å². The SMILES string of the molecule is O=C(NCCC1=CCCCC1)c1cc(-c2cccs2)n([C@H]2CCS(=O)(=O)C2)n1. The predicted molar refractivity (Wildman–Crippen MR) is 111 cm³/mol. The van der Waals surface area contributed by atoms with Gasteiger partial charge in [0.15, 0.2) is 15.5 Å². The summed E-state index contributed by atoms with van der Waals surface area (Å²) in [4.78, 5) is 13.6. The summed E-state index contributed by atoms with van der Waals surface area (Å²) in [5.41, 5.74) is 2.59. The molecule has 1 saturated heterocycles. The number of nitrogens with zero attached hydrogens (tertiary/aromatic N) is 2. The van der Waals surface area contributed by atoms with Gasteiger partial charge >= 0.3 is 0 Å². The molecule has 2 aliphatic rings. The topological polar surface area (TPSA) is 81.1 Å². The number of allylic oxidation sites excluding steroid dienone is 1. The largest absolute Gasteiger partial charge is 0.350 e. The van der Waals surface area contributed by atoms with Crippen LogP contribution in [0.15, 0.2) is 35.2 Å². The third-order valence-electron chi connectivity index (χ3n) is 5.41. The molecule has 0 saturated carbocycles. The molecule has 1 aliphatic carbocycles. The van der Waals surface area contributed by atoms with Gasteiger partial charge < -0.3 is 5.32 Å². The van der Waals surface area contributed by atoms with Crippen molar-refractivity contribution in [3.8, 4) is 10.6 Å². The third-order valence-corrected chi connectivity index (χ3v) is 8.06. The molecule has 2 aromatic heterocycles. The summed E-state index contributed by atoms with van der Waals surface area (Å²) in [6.07, 6.45) is 8.47. The van der Waals surface area contributed by atoms with E-state index in [0.29, 0.717) is 18.7 Å². The van der Waals surface area contributed by atoms with E-state index in [0.717, 1.165) is 29.8 Å². The van der Waals surface area contributed by atoms with Crippen molar-refractivity contribution in [2.75, 3.05) is 18.1 Å². The smallest absolute Gasteiger partial charge is 0.271 e. The zero-order valence-electron chi connectivity index (χ0n) is 15.8. The fourth-order valence-corrected chi connectivity index (χ4v) is 6.35. The van der Waals surface area contributed by atoms with E-state index in [1.165, 1.54) is 18.4 Å². The highest BCUT2D eigenvalue weighted by Gasteiger charge is 2.32. The van der Waals surface area contributed by atoms with Crippen LogP contribution in [0.2, 0.25) is 0 Å². The normalized spacial score (nSPS) is 21.4. The van der Waals surface area contributed by atoms with Crippen molar-refractivity contribution in [2.45, 2.75) is 44.6 Å². The standard InChI is InChI=1S/C20H25N3O3S2/c24-20(21-10-8-15-5-2-1-3-6-15)17-13-18(19-7-4-11-27-19)23(22-17)16-9-12-28(25,26)14-16/h4-5,7,11,13,16H,1-3,6,8-10,12,14H2,(H,21,24)/t16-/m0/s1. The average molecular weight is 420 g/mol. The lowest BCUT2D eigenvalue weighted by Gasteiger charge is -2.13. The molecule has 2 aromatic rings. The van der Waals surface area contributed by atoms with Crippen molar-refractivity contribution in [3.63, 3.8) is 0 Å². The lowest BCUT2D eigenvalue weighted by molar-refractivity contribution is 0.0948. The molecule has 6 nitrogen and oxygen atoms in total. The molecule has 1 atom stereocenters. The van der Waals surface area contributed by atoms with Crippen LogP contribution in [0, 0.1) is 0 Å². The Bertz CT molecular complexity index is 975. The minimum Gasteiger partial charge on any atom is -0.350 e. The van der Waals surface area contributed by atoms with Crippen LogP contribution < -0.4 is 5.32 Å². The van der Waals surface area contributed by atoms with Crippen LogP contribution in [0.4, 0.5) is 0 Å². The first kappa shape index (κ1) is 19.4. The van der Waals surface area contributed by atoms with Crippen molar-refractivity contribution in [2.24, 2.45) is 0 Å². The molecule has 150 valence electrons. The summed E-state index contributed by atoms with van der Waals surface area (Å²) < 4.78 is 25.6. The number of carbonyl (C=O) groups is 1. The molecule has 1 N–H and O–H groups in total. The maximum absolute atomic E-state index is 12.6. The van der Waals surface area contributed by atoms with Crippen molar-refractivity contribution in [1.82, 2.24) is 15.1 Å². The van der Waals surface area contributed by atoms with Crippen molar-refractivity contribution < 1.29 is 13.2 Å². The van der Waals surface area contributed by atoms with Crippen molar-refractivity contribution in [1.29, 1.82) is 0 Å². The monoisotopic (exact) mass is 419 g/mol. The number of nitrogens with one attached hydrogen (secondary N) is 1. The number of hydrogen-bond donors (Lipinski definition) is 1. The molecular weight excluding hydrogens is 394 g/mol. The first-order chi connectivity index (χ1) is 13.5. The van der Waals surface area contributed by atoms with Crippen LogP contribution in [0.5, 0.6) is 0 Å². The highest BCUT2D eigenvalue weighted by molar-refractivity contribution is 7.91. The molecule has 0 spiro atoms. The number of aromatic nitrogens is 2. The van der Waals surface area contributed by atoms with Gasteiger partial charge in [0.25, 0.3) is 5.91 Å². The molecule has 3 heterocycles. The summed E-state index contributed by atoms with van der Waals surface area (Å²) in [6.45, 7) is 0.601. The molecule has 1 aliphatic heterocycles. The van der Waals surface area contributed by atoms with E-state index in [1.807, 2.05) is 17.5 Å². The average Bonchev–Trinajstić information content (AvgIpc) is 3.41. The minimum absolute atomic E-state index is 0.0856. The minimum atomic E-state index is -3.03. The molecule has 4 rings (SSSR count). The molecule has 0 radical (unpaired) electrons. The van der Waals surface area contributed by atoms with E-state index in [4.69, 9.17) is 0 Å². The first-order valence-electron chi connectivity index (χ1n) is 9.82. The number of thiophene rings is 1. The Balaban J connectivity index is 1.50. The van der Waals surface area contributed by atoms with Crippen LogP contribution in [0.25, 0.3) is 10.6 Å². The quantitative estimate of drug-likeness (QED) is 0.726. The summed E-state index contributed by atoms with van der Waals surface area (Å²) in [7, 11) is -3.03. The van der Waals surface area contributed by atoms with Gasteiger partial charge in [0.05, 0.1) is 28.1 Å². The van der Waals surface area contributed by atoms with E-state index in [-0.39, 0.29) is 23.5 Å². The highest BCUT2D eigenvalue weighted by atomic mass is 32.2. The molecule has 28 heavy (non-hydrogen) atoms. The molecule has 1 amide bonds. The Morgan fingerprint density at radius 1 is 1.36 bits per heavy atom. The van der Waals surface area contributed by atoms with E-state index in [9.17, 15) is 13.2 Å². The third kappa shape index (κ3) is 4.38. The maximum atomic E-state index is 12.6. The Morgan fingerprint density at radius 2 is 2.25 bits per heavy atom. The van der Waals surface area contributed by atoms with Crippen LogP contribution in [0.1, 0.15) is 55.1 Å². The number of sulfone groups is 1. The summed E-state index contributed by atoms with van der Waals surface area (Å²) in [5.74, 6) is 0.0640. The molecule has 8 heteroatoms. The van der Waals surface area contributed by atoms with Gasteiger partial charge in [-0.2, -0.15) is 5.10 Å². The molecular formula is C20H25N3O3S2. The fraction of sp³-hybridized carbons (Fsp3) is 0.500. The zero-order chi connectivity index (χ0) is 19.6. The van der Waals surface area contributed by atoms with Gasteiger partial charge in [0, 0.05) is 6.54 Å². The Kier molecular flexibility index (Phi) is 5.68. The van der Waals surface area contributed by atoms with E-state index < -0.39 is 9.84 Å². The van der Waals surface area contributed by atoms with Gasteiger partial charge in [-0.05, 0) is 56.0 Å². The molecule has 0 bridgehead atoms.